The predicted molar refractivity (Wildman–Crippen MR) is 101 cm³/mol. The molecule has 0 bridgehead atoms. The number of halogens is 1. The summed E-state index contributed by atoms with van der Waals surface area (Å²) in [7, 11) is 0. The van der Waals surface area contributed by atoms with E-state index in [0.29, 0.717) is 35.3 Å². The Hall–Kier alpha value is -2.40. The molecule has 1 heterocycles. The zero-order chi connectivity index (χ0) is 18.7. The zero-order valence-corrected chi connectivity index (χ0v) is 15.8. The van der Waals surface area contributed by atoms with Crippen LogP contribution in [-0.4, -0.2) is 25.2 Å². The van der Waals surface area contributed by atoms with Crippen molar-refractivity contribution in [3.05, 3.63) is 52.5 Å². The summed E-state index contributed by atoms with van der Waals surface area (Å²) in [6.45, 7) is 6.76. The number of fused-ring (bicyclic) bond motifs is 1. The Kier molecular flexibility index (Phi) is 5.57. The van der Waals surface area contributed by atoms with Crippen LogP contribution in [0.15, 0.2) is 36.4 Å². The van der Waals surface area contributed by atoms with Crippen molar-refractivity contribution in [3.63, 3.8) is 0 Å². The van der Waals surface area contributed by atoms with Gasteiger partial charge in [0.1, 0.15) is 19.0 Å². The van der Waals surface area contributed by atoms with Crippen molar-refractivity contribution in [1.29, 1.82) is 0 Å². The van der Waals surface area contributed by atoms with Crippen LogP contribution in [0.5, 0.6) is 17.2 Å². The van der Waals surface area contributed by atoms with Crippen molar-refractivity contribution >= 4 is 17.5 Å². The second-order valence-corrected chi connectivity index (χ2v) is 6.82. The Labute approximate surface area is 158 Å². The summed E-state index contributed by atoms with van der Waals surface area (Å²) in [5.74, 6) is 1.53. The van der Waals surface area contributed by atoms with E-state index in [1.165, 1.54) is 0 Å². The first-order chi connectivity index (χ1) is 12.4. The summed E-state index contributed by atoms with van der Waals surface area (Å²) in [6, 6.07) is 10.8. The van der Waals surface area contributed by atoms with Crippen molar-refractivity contribution in [3.8, 4) is 17.2 Å². The van der Waals surface area contributed by atoms with Gasteiger partial charge in [-0.1, -0.05) is 23.7 Å². The van der Waals surface area contributed by atoms with Crippen LogP contribution in [0.4, 0.5) is 0 Å². The number of carbonyl (C=O) groups excluding carboxylic acids is 1. The van der Waals surface area contributed by atoms with Gasteiger partial charge in [-0.05, 0) is 50.6 Å². The molecule has 1 N–H and O–H groups in total. The molecular weight excluding hydrogens is 354 g/mol. The molecule has 1 amide bonds. The average molecular weight is 376 g/mol. The Morgan fingerprint density at radius 3 is 2.69 bits per heavy atom. The molecule has 1 aliphatic rings. The average Bonchev–Trinajstić information content (AvgIpc) is 2.61. The van der Waals surface area contributed by atoms with Crippen LogP contribution in [0.25, 0.3) is 0 Å². The summed E-state index contributed by atoms with van der Waals surface area (Å²) in [5.41, 5.74) is 1.39. The SMILES string of the molecule is CC(C)Oc1cccc(C(C)NC(=O)c2cc(Cl)c3c(c2)OCCO3)c1. The molecule has 1 aliphatic heterocycles. The monoisotopic (exact) mass is 375 g/mol. The largest absolute Gasteiger partial charge is 0.491 e. The third-order valence-corrected chi connectivity index (χ3v) is 4.22. The van der Waals surface area contributed by atoms with Gasteiger partial charge in [-0.3, -0.25) is 4.79 Å². The first kappa shape index (κ1) is 18.4. The highest BCUT2D eigenvalue weighted by molar-refractivity contribution is 6.32. The summed E-state index contributed by atoms with van der Waals surface area (Å²) < 4.78 is 16.7. The highest BCUT2D eigenvalue weighted by Gasteiger charge is 2.20. The number of hydrogen-bond donors (Lipinski definition) is 1. The third-order valence-electron chi connectivity index (χ3n) is 3.94. The molecule has 3 rings (SSSR count). The molecule has 6 heteroatoms. The summed E-state index contributed by atoms with van der Waals surface area (Å²) in [6.07, 6.45) is 0.0926. The molecule has 1 atom stereocenters. The molecule has 0 radical (unpaired) electrons. The molecule has 0 saturated heterocycles. The summed E-state index contributed by atoms with van der Waals surface area (Å²) in [5, 5.41) is 3.35. The van der Waals surface area contributed by atoms with Crippen LogP contribution < -0.4 is 19.5 Å². The van der Waals surface area contributed by atoms with Crippen molar-refractivity contribution < 1.29 is 19.0 Å². The number of rotatable bonds is 5. The minimum atomic E-state index is -0.230. The van der Waals surface area contributed by atoms with E-state index in [9.17, 15) is 4.79 Å². The maximum absolute atomic E-state index is 12.6. The first-order valence-corrected chi connectivity index (χ1v) is 8.98. The fraction of sp³-hybridized carbons (Fsp3) is 0.350. The van der Waals surface area contributed by atoms with Crippen molar-refractivity contribution in [2.45, 2.75) is 32.9 Å². The normalized spacial score (nSPS) is 14.0. The number of nitrogens with one attached hydrogen (secondary N) is 1. The van der Waals surface area contributed by atoms with Gasteiger partial charge in [0.05, 0.1) is 17.2 Å². The second kappa shape index (κ2) is 7.87. The van der Waals surface area contributed by atoms with Crippen LogP contribution in [0.2, 0.25) is 5.02 Å². The summed E-state index contributed by atoms with van der Waals surface area (Å²) in [4.78, 5) is 12.6. The van der Waals surface area contributed by atoms with E-state index < -0.39 is 0 Å². The fourth-order valence-electron chi connectivity index (χ4n) is 2.73. The van der Waals surface area contributed by atoms with Crippen molar-refractivity contribution in [1.82, 2.24) is 5.32 Å². The van der Waals surface area contributed by atoms with E-state index in [2.05, 4.69) is 5.32 Å². The number of ether oxygens (including phenoxy) is 3. The van der Waals surface area contributed by atoms with Crippen LogP contribution in [0.3, 0.4) is 0 Å². The number of benzene rings is 2. The Bertz CT molecular complexity index is 806. The Morgan fingerprint density at radius 1 is 1.15 bits per heavy atom. The van der Waals surface area contributed by atoms with Gasteiger partial charge in [-0.25, -0.2) is 0 Å². The van der Waals surface area contributed by atoms with Gasteiger partial charge >= 0.3 is 0 Å². The lowest BCUT2D eigenvalue weighted by molar-refractivity contribution is 0.0938. The van der Waals surface area contributed by atoms with E-state index in [1.54, 1.807) is 12.1 Å². The molecule has 0 saturated carbocycles. The molecule has 2 aromatic rings. The van der Waals surface area contributed by atoms with Crippen LogP contribution in [0.1, 0.15) is 42.7 Å². The number of amides is 1. The molecule has 5 nitrogen and oxygen atoms in total. The van der Waals surface area contributed by atoms with E-state index in [4.69, 9.17) is 25.8 Å². The maximum Gasteiger partial charge on any atom is 0.251 e. The smallest absolute Gasteiger partial charge is 0.251 e. The molecule has 1 unspecified atom stereocenters. The topological polar surface area (TPSA) is 56.8 Å². The van der Waals surface area contributed by atoms with Crippen LogP contribution in [0, 0.1) is 0 Å². The van der Waals surface area contributed by atoms with Crippen LogP contribution >= 0.6 is 11.6 Å². The standard InChI is InChI=1S/C20H22ClNO4/c1-12(2)26-16-6-4-5-14(9-16)13(3)22-20(23)15-10-17(21)19-18(11-15)24-7-8-25-19/h4-6,9-13H,7-8H2,1-3H3,(H,22,23). The van der Waals surface area contributed by atoms with Gasteiger partial charge < -0.3 is 19.5 Å². The molecule has 26 heavy (non-hydrogen) atoms. The van der Waals surface area contributed by atoms with Crippen LogP contribution in [-0.2, 0) is 0 Å². The highest BCUT2D eigenvalue weighted by atomic mass is 35.5. The third kappa shape index (κ3) is 4.22. The molecule has 2 aromatic carbocycles. The van der Waals surface area contributed by atoms with Crippen molar-refractivity contribution in [2.24, 2.45) is 0 Å². The highest BCUT2D eigenvalue weighted by Crippen LogP contribution is 2.38. The molecule has 0 aliphatic carbocycles. The van der Waals surface area contributed by atoms with Gasteiger partial charge in [0, 0.05) is 5.56 Å². The van der Waals surface area contributed by atoms with Gasteiger partial charge in [0.25, 0.3) is 5.91 Å². The lowest BCUT2D eigenvalue weighted by atomic mass is 10.1. The first-order valence-electron chi connectivity index (χ1n) is 8.60. The van der Waals surface area contributed by atoms with E-state index >= 15 is 0 Å². The van der Waals surface area contributed by atoms with E-state index in [0.717, 1.165) is 11.3 Å². The predicted octanol–water partition coefficient (Wildman–Crippen LogP) is 4.39. The molecule has 0 aromatic heterocycles. The lowest BCUT2D eigenvalue weighted by Crippen LogP contribution is -2.27. The van der Waals surface area contributed by atoms with Gasteiger partial charge in [-0.15, -0.1) is 0 Å². The van der Waals surface area contributed by atoms with Crippen molar-refractivity contribution in [2.75, 3.05) is 13.2 Å². The van der Waals surface area contributed by atoms with Gasteiger partial charge in [0.15, 0.2) is 11.5 Å². The molecule has 0 fully saturated rings. The minimum Gasteiger partial charge on any atom is -0.491 e. The molecule has 0 spiro atoms. The Balaban J connectivity index is 1.74. The second-order valence-electron chi connectivity index (χ2n) is 6.42. The zero-order valence-electron chi connectivity index (χ0n) is 15.0. The minimum absolute atomic E-state index is 0.0926. The number of hydrogen-bond acceptors (Lipinski definition) is 4. The molecular formula is C20H22ClNO4. The summed E-state index contributed by atoms with van der Waals surface area (Å²) >= 11 is 6.21. The molecule has 138 valence electrons. The van der Waals surface area contributed by atoms with E-state index in [1.807, 2.05) is 45.0 Å². The quantitative estimate of drug-likeness (QED) is 0.842. The van der Waals surface area contributed by atoms with E-state index in [-0.39, 0.29) is 18.1 Å². The van der Waals surface area contributed by atoms with Gasteiger partial charge in [0.2, 0.25) is 0 Å². The number of carbonyl (C=O) groups is 1. The van der Waals surface area contributed by atoms with Gasteiger partial charge in [-0.2, -0.15) is 0 Å². The lowest BCUT2D eigenvalue weighted by Gasteiger charge is -2.21. The maximum atomic E-state index is 12.6. The fourth-order valence-corrected chi connectivity index (χ4v) is 3.00. The Morgan fingerprint density at radius 2 is 1.92 bits per heavy atom.